The maximum atomic E-state index is 13.0. The van der Waals surface area contributed by atoms with Gasteiger partial charge < -0.3 is 40.4 Å². The monoisotopic (exact) mass is 706 g/mol. The maximum Gasteiger partial charge on any atom is 5.00 e. The Morgan fingerprint density at radius 2 is 1.83 bits per heavy atom. The molecule has 4 N–H and O–H groups in total. The summed E-state index contributed by atoms with van der Waals surface area (Å²) in [6.45, 7) is 4.66. The molecule has 13 nitrogen and oxygen atoms in total. The summed E-state index contributed by atoms with van der Waals surface area (Å²) >= 11 is 8.59. The Hall–Kier alpha value is -1.98. The third-order valence-corrected chi connectivity index (χ3v) is 6.82. The SMILES string of the molecule is O=c1c2ncn(COC(CO)CO)c2nc2[nH]c(-c3ccc(OCCCN(CCS)CCNCCS)cc3)cn12.[99Tc+5].[O-2]. The molecule has 4 rings (SSSR count). The number of rotatable bonds is 18. The van der Waals surface area contributed by atoms with E-state index in [0.717, 1.165) is 67.7 Å². The molecule has 4 aromatic rings. The summed E-state index contributed by atoms with van der Waals surface area (Å²) in [4.78, 5) is 27.4. The Balaban J connectivity index is 0.00000308. The molecule has 1 aromatic carbocycles. The van der Waals surface area contributed by atoms with Crippen LogP contribution in [0.15, 0.2) is 41.6 Å². The molecule has 0 spiro atoms. The topological polar surface area (TPSA) is 171 Å². The number of H-pyrrole nitrogens is 1. The summed E-state index contributed by atoms with van der Waals surface area (Å²) < 4.78 is 14.4. The summed E-state index contributed by atoms with van der Waals surface area (Å²) in [5.74, 6) is 2.80. The first-order valence-electron chi connectivity index (χ1n) is 13.3. The van der Waals surface area contributed by atoms with Crippen LogP contribution in [0.3, 0.4) is 0 Å². The van der Waals surface area contributed by atoms with Gasteiger partial charge in [-0.1, -0.05) is 0 Å². The predicted octanol–water partition coefficient (Wildman–Crippen LogP) is 0.765. The van der Waals surface area contributed by atoms with Crippen molar-refractivity contribution in [1.29, 1.82) is 0 Å². The average molecular weight is 707 g/mol. The zero-order chi connectivity index (χ0) is 28.3. The Morgan fingerprint density at radius 3 is 2.52 bits per heavy atom. The molecule has 0 saturated heterocycles. The molecule has 3 aromatic heterocycles. The third kappa shape index (κ3) is 9.51. The fourth-order valence-corrected chi connectivity index (χ4v) is 4.66. The van der Waals surface area contributed by atoms with Gasteiger partial charge in [0.15, 0.2) is 11.2 Å². The van der Waals surface area contributed by atoms with Gasteiger partial charge in [0.1, 0.15) is 18.6 Å². The first kappa shape index (κ1) is 36.2. The zero-order valence-electron chi connectivity index (χ0n) is 23.1. The molecule has 0 radical (unpaired) electrons. The molecule has 0 unspecified atom stereocenters. The molecule has 16 heteroatoms. The molecule has 0 amide bonds. The number of imidazole rings is 2. The summed E-state index contributed by atoms with van der Waals surface area (Å²) in [5, 5.41) is 21.8. The van der Waals surface area contributed by atoms with Crippen molar-refractivity contribution in [3.63, 3.8) is 0 Å². The van der Waals surface area contributed by atoms with E-state index in [4.69, 9.17) is 9.47 Å². The maximum absolute atomic E-state index is 13.0. The molecule has 0 aliphatic heterocycles. The quantitative estimate of drug-likeness (QED) is 0.0647. The number of thiol groups is 2. The van der Waals surface area contributed by atoms with Gasteiger partial charge in [0.05, 0.1) is 31.8 Å². The van der Waals surface area contributed by atoms with Crippen molar-refractivity contribution in [1.82, 2.24) is 34.1 Å². The van der Waals surface area contributed by atoms with E-state index in [1.54, 1.807) is 10.8 Å². The number of benzene rings is 1. The van der Waals surface area contributed by atoms with Crippen LogP contribution in [-0.2, 0) is 37.0 Å². The molecule has 228 valence electrons. The number of aliphatic hydroxyl groups is 2. The number of nitrogens with zero attached hydrogens (tertiary/aromatic N) is 5. The van der Waals surface area contributed by atoms with E-state index in [0.29, 0.717) is 18.0 Å². The van der Waals surface area contributed by atoms with E-state index in [1.165, 1.54) is 10.7 Å². The van der Waals surface area contributed by atoms with Crippen LogP contribution in [-0.4, -0.2) is 109 Å². The van der Waals surface area contributed by atoms with Crippen LogP contribution in [0.1, 0.15) is 6.42 Å². The number of nitrogens with one attached hydrogen (secondary N) is 2. The van der Waals surface area contributed by atoms with Crippen molar-refractivity contribution in [3.8, 4) is 17.0 Å². The van der Waals surface area contributed by atoms with Crippen molar-refractivity contribution < 1.29 is 45.3 Å². The first-order valence-corrected chi connectivity index (χ1v) is 14.5. The van der Waals surface area contributed by atoms with Crippen molar-refractivity contribution in [2.45, 2.75) is 19.3 Å². The van der Waals surface area contributed by atoms with E-state index in [1.807, 2.05) is 24.3 Å². The van der Waals surface area contributed by atoms with E-state index >= 15 is 0 Å². The number of fused-ring (bicyclic) bond motifs is 2. The zero-order valence-corrected chi connectivity index (χ0v) is 26.7. The summed E-state index contributed by atoms with van der Waals surface area (Å²) in [6.07, 6.45) is 3.33. The first-order chi connectivity index (χ1) is 19.6. The summed E-state index contributed by atoms with van der Waals surface area (Å²) in [6, 6.07) is 7.68. The minimum atomic E-state index is -0.727. The second kappa shape index (κ2) is 18.6. The predicted molar refractivity (Wildman–Crippen MR) is 161 cm³/mol. The van der Waals surface area contributed by atoms with E-state index in [2.05, 4.69) is 50.4 Å². The van der Waals surface area contributed by atoms with Gasteiger partial charge >= 0.3 is 20.1 Å². The van der Waals surface area contributed by atoms with Crippen LogP contribution in [0.5, 0.6) is 5.75 Å². The van der Waals surface area contributed by atoms with Crippen LogP contribution in [0.4, 0.5) is 0 Å². The van der Waals surface area contributed by atoms with Gasteiger partial charge in [-0.3, -0.25) is 9.36 Å². The second-order valence-electron chi connectivity index (χ2n) is 9.21. The number of hydrogen-bond donors (Lipinski definition) is 6. The number of hydrogen-bond acceptors (Lipinski definition) is 11. The van der Waals surface area contributed by atoms with Gasteiger partial charge in [0, 0.05) is 50.4 Å². The normalized spacial score (nSPS) is 11.4. The standard InChI is InChI=1S/C26H37N7O5S2.O.Tc/c34-15-21(16-35)38-18-32-17-28-23-24(32)30-26-29-22(14-33(26)25(23)36)19-2-4-20(5-3-19)37-11-1-8-31(10-13-40)9-6-27-7-12-39;;/h2-5,14,17,21,27,34-35,39-40H,1,6-13,15-16,18H2,(H,29,30);;/q;-2;+5/i;;1+1. The minimum absolute atomic E-state index is 0. The fraction of sp³-hybridized carbons (Fsp3) is 0.500. The van der Waals surface area contributed by atoms with Crippen LogP contribution in [0, 0.1) is 0 Å². The Kier molecular flexibility index (Phi) is 16.1. The van der Waals surface area contributed by atoms with E-state index < -0.39 is 6.10 Å². The fourth-order valence-electron chi connectivity index (χ4n) is 4.22. The molecule has 0 aliphatic carbocycles. The van der Waals surface area contributed by atoms with Crippen molar-refractivity contribution >= 4 is 42.2 Å². The second-order valence-corrected chi connectivity index (χ2v) is 10.1. The van der Waals surface area contributed by atoms with Crippen molar-refractivity contribution in [2.24, 2.45) is 0 Å². The molecule has 0 aliphatic rings. The molecular formula is C26H37N7O6S2Tc+3. The van der Waals surface area contributed by atoms with Crippen molar-refractivity contribution in [2.75, 3.05) is 64.1 Å². The van der Waals surface area contributed by atoms with E-state index in [-0.39, 0.29) is 56.6 Å². The molecular weight excluding hydrogens is 669 g/mol. The van der Waals surface area contributed by atoms with E-state index in [9.17, 15) is 15.0 Å². The molecule has 0 bridgehead atoms. The molecule has 0 atom stereocenters. The number of aromatic nitrogens is 5. The summed E-state index contributed by atoms with van der Waals surface area (Å²) in [5.41, 5.74) is 1.83. The largest absolute Gasteiger partial charge is 5.00 e. The number of aromatic amines is 1. The average Bonchev–Trinajstić information content (AvgIpc) is 3.59. The van der Waals surface area contributed by atoms with Gasteiger partial charge in [0.25, 0.3) is 5.56 Å². The van der Waals surface area contributed by atoms with Gasteiger partial charge in [-0.25, -0.2) is 9.38 Å². The minimum Gasteiger partial charge on any atom is -2.00 e. The molecule has 0 saturated carbocycles. The Labute approximate surface area is 268 Å². The van der Waals surface area contributed by atoms with Gasteiger partial charge in [-0.2, -0.15) is 30.2 Å². The number of aliphatic hydroxyl groups excluding tert-OH is 2. The molecule has 0 fully saturated rings. The van der Waals surface area contributed by atoms with Gasteiger partial charge in [-0.05, 0) is 36.2 Å². The van der Waals surface area contributed by atoms with Crippen LogP contribution in [0.2, 0.25) is 0 Å². The van der Waals surface area contributed by atoms with Crippen LogP contribution in [0.25, 0.3) is 28.2 Å². The van der Waals surface area contributed by atoms with Gasteiger partial charge in [0.2, 0.25) is 5.78 Å². The Bertz CT molecular complexity index is 1400. The summed E-state index contributed by atoms with van der Waals surface area (Å²) in [7, 11) is 0. The third-order valence-electron chi connectivity index (χ3n) is 6.40. The smallest absolute Gasteiger partial charge is 2.00 e. The molecule has 42 heavy (non-hydrogen) atoms. The van der Waals surface area contributed by atoms with Crippen LogP contribution >= 0.6 is 25.3 Å². The molecule has 3 heterocycles. The Morgan fingerprint density at radius 1 is 1.07 bits per heavy atom. The van der Waals surface area contributed by atoms with Gasteiger partial charge in [-0.15, -0.1) is 0 Å². The van der Waals surface area contributed by atoms with Crippen LogP contribution < -0.4 is 15.6 Å². The van der Waals surface area contributed by atoms with Crippen molar-refractivity contribution in [3.05, 3.63) is 47.1 Å². The number of ether oxygens (including phenoxy) is 2.